The van der Waals surface area contributed by atoms with E-state index >= 15 is 0 Å². The fraction of sp³-hybridized carbons (Fsp3) is 1.00. The van der Waals surface area contributed by atoms with Gasteiger partial charge in [0.25, 0.3) is 0 Å². The first-order chi connectivity index (χ1) is 7.83. The standard InChI is InChI=1S/C15H32N2/c1-7-12(2)14-11-17(13(3)10-16-14)9-8-15(4,5)6/h12-14,16H,7-11H2,1-6H3. The Balaban J connectivity index is 2.46. The van der Waals surface area contributed by atoms with Crippen molar-refractivity contribution in [2.45, 2.75) is 66.5 Å². The fourth-order valence-corrected chi connectivity index (χ4v) is 2.40. The van der Waals surface area contributed by atoms with Crippen molar-refractivity contribution < 1.29 is 0 Å². The summed E-state index contributed by atoms with van der Waals surface area (Å²) in [6.07, 6.45) is 2.57. The Morgan fingerprint density at radius 3 is 2.53 bits per heavy atom. The molecule has 0 bridgehead atoms. The van der Waals surface area contributed by atoms with Crippen LogP contribution in [0.1, 0.15) is 54.4 Å². The van der Waals surface area contributed by atoms with E-state index in [0.29, 0.717) is 17.5 Å². The third-order valence-electron chi connectivity index (χ3n) is 4.21. The summed E-state index contributed by atoms with van der Waals surface area (Å²) in [5.74, 6) is 0.791. The molecule has 1 rings (SSSR count). The molecule has 0 aromatic heterocycles. The molecule has 0 saturated carbocycles. The maximum atomic E-state index is 3.71. The second-order valence-corrected chi connectivity index (χ2v) is 7.05. The second-order valence-electron chi connectivity index (χ2n) is 7.05. The molecule has 1 fully saturated rings. The van der Waals surface area contributed by atoms with Gasteiger partial charge in [0.15, 0.2) is 0 Å². The number of nitrogens with zero attached hydrogens (tertiary/aromatic N) is 1. The Morgan fingerprint density at radius 2 is 2.00 bits per heavy atom. The maximum Gasteiger partial charge on any atom is 0.0221 e. The summed E-state index contributed by atoms with van der Waals surface area (Å²) in [5, 5.41) is 3.71. The molecule has 1 aliphatic rings. The van der Waals surface area contributed by atoms with Gasteiger partial charge in [0.1, 0.15) is 0 Å². The summed E-state index contributed by atoms with van der Waals surface area (Å²) in [5.41, 5.74) is 0.455. The molecule has 1 heterocycles. The maximum absolute atomic E-state index is 3.71. The number of piperazine rings is 1. The highest BCUT2D eigenvalue weighted by Crippen LogP contribution is 2.21. The zero-order valence-electron chi connectivity index (χ0n) is 12.7. The van der Waals surface area contributed by atoms with Crippen molar-refractivity contribution in [2.75, 3.05) is 19.6 Å². The van der Waals surface area contributed by atoms with Crippen molar-refractivity contribution >= 4 is 0 Å². The van der Waals surface area contributed by atoms with Gasteiger partial charge in [0.2, 0.25) is 0 Å². The summed E-state index contributed by atoms with van der Waals surface area (Å²) in [6, 6.07) is 1.38. The van der Waals surface area contributed by atoms with E-state index in [4.69, 9.17) is 0 Å². The summed E-state index contributed by atoms with van der Waals surface area (Å²) >= 11 is 0. The predicted molar refractivity (Wildman–Crippen MR) is 76.4 cm³/mol. The molecule has 3 unspecified atom stereocenters. The smallest absolute Gasteiger partial charge is 0.0221 e. The first kappa shape index (κ1) is 15.0. The van der Waals surface area contributed by atoms with E-state index in [2.05, 4.69) is 51.8 Å². The zero-order chi connectivity index (χ0) is 13.1. The van der Waals surface area contributed by atoms with Crippen LogP contribution in [-0.4, -0.2) is 36.6 Å². The van der Waals surface area contributed by atoms with E-state index in [0.717, 1.165) is 12.5 Å². The van der Waals surface area contributed by atoms with Crippen molar-refractivity contribution in [3.05, 3.63) is 0 Å². The lowest BCUT2D eigenvalue weighted by Gasteiger charge is -2.41. The van der Waals surface area contributed by atoms with Gasteiger partial charge >= 0.3 is 0 Å². The summed E-state index contributed by atoms with van der Waals surface area (Å²) < 4.78 is 0. The molecule has 0 aromatic carbocycles. The third kappa shape index (κ3) is 4.97. The van der Waals surface area contributed by atoms with Gasteiger partial charge in [-0.25, -0.2) is 0 Å². The van der Waals surface area contributed by atoms with Gasteiger partial charge in [-0.15, -0.1) is 0 Å². The topological polar surface area (TPSA) is 15.3 Å². The second kappa shape index (κ2) is 6.19. The van der Waals surface area contributed by atoms with Crippen LogP contribution < -0.4 is 5.32 Å². The molecule has 0 aliphatic carbocycles. The van der Waals surface area contributed by atoms with E-state index in [-0.39, 0.29) is 0 Å². The number of hydrogen-bond acceptors (Lipinski definition) is 2. The Hall–Kier alpha value is -0.0800. The fourth-order valence-electron chi connectivity index (χ4n) is 2.40. The monoisotopic (exact) mass is 240 g/mol. The highest BCUT2D eigenvalue weighted by molar-refractivity contribution is 4.86. The average Bonchev–Trinajstić information content (AvgIpc) is 2.26. The lowest BCUT2D eigenvalue weighted by molar-refractivity contribution is 0.105. The minimum Gasteiger partial charge on any atom is -0.311 e. The molecule has 0 aromatic rings. The Kier molecular flexibility index (Phi) is 5.46. The lowest BCUT2D eigenvalue weighted by Crippen LogP contribution is -2.57. The third-order valence-corrected chi connectivity index (χ3v) is 4.21. The van der Waals surface area contributed by atoms with Gasteiger partial charge in [0, 0.05) is 25.2 Å². The molecule has 17 heavy (non-hydrogen) atoms. The van der Waals surface area contributed by atoms with Crippen LogP contribution in [0.3, 0.4) is 0 Å². The van der Waals surface area contributed by atoms with Crippen LogP contribution >= 0.6 is 0 Å². The van der Waals surface area contributed by atoms with E-state index in [9.17, 15) is 0 Å². The first-order valence-electron chi connectivity index (χ1n) is 7.31. The molecule has 0 spiro atoms. The molecular weight excluding hydrogens is 208 g/mol. The molecule has 0 radical (unpaired) electrons. The van der Waals surface area contributed by atoms with Crippen molar-refractivity contribution in [1.29, 1.82) is 0 Å². The predicted octanol–water partition coefficient (Wildman–Crippen LogP) is 3.13. The van der Waals surface area contributed by atoms with E-state index in [1.165, 1.54) is 25.9 Å². The van der Waals surface area contributed by atoms with Crippen LogP contribution in [0.2, 0.25) is 0 Å². The van der Waals surface area contributed by atoms with Crippen molar-refractivity contribution in [1.82, 2.24) is 10.2 Å². The van der Waals surface area contributed by atoms with Crippen molar-refractivity contribution in [3.8, 4) is 0 Å². The Labute approximate surface area is 108 Å². The highest BCUT2D eigenvalue weighted by atomic mass is 15.2. The number of nitrogens with one attached hydrogen (secondary N) is 1. The molecule has 1 aliphatic heterocycles. The largest absolute Gasteiger partial charge is 0.311 e. The number of rotatable bonds is 4. The van der Waals surface area contributed by atoms with E-state index < -0.39 is 0 Å². The van der Waals surface area contributed by atoms with Gasteiger partial charge in [-0.1, -0.05) is 41.0 Å². The SMILES string of the molecule is CCC(C)C1CN(CCC(C)(C)C)C(C)CN1. The normalized spacial score (nSPS) is 29.3. The average molecular weight is 240 g/mol. The quantitative estimate of drug-likeness (QED) is 0.812. The van der Waals surface area contributed by atoms with Crippen molar-refractivity contribution in [2.24, 2.45) is 11.3 Å². The van der Waals surface area contributed by atoms with Gasteiger partial charge < -0.3 is 5.32 Å². The van der Waals surface area contributed by atoms with Gasteiger partial charge in [-0.2, -0.15) is 0 Å². The molecule has 1 saturated heterocycles. The Bertz CT molecular complexity index is 219. The summed E-state index contributed by atoms with van der Waals surface area (Å²) in [7, 11) is 0. The van der Waals surface area contributed by atoms with Crippen LogP contribution in [0.25, 0.3) is 0 Å². The van der Waals surface area contributed by atoms with Crippen LogP contribution in [0.15, 0.2) is 0 Å². The van der Waals surface area contributed by atoms with E-state index in [1.54, 1.807) is 0 Å². The number of hydrogen-bond donors (Lipinski definition) is 1. The lowest BCUT2D eigenvalue weighted by atomic mass is 9.90. The molecule has 3 atom stereocenters. The zero-order valence-corrected chi connectivity index (χ0v) is 12.7. The minimum atomic E-state index is 0.455. The molecule has 102 valence electrons. The Morgan fingerprint density at radius 1 is 1.35 bits per heavy atom. The van der Waals surface area contributed by atoms with Crippen LogP contribution in [0.5, 0.6) is 0 Å². The summed E-state index contributed by atoms with van der Waals surface area (Å²) in [6.45, 7) is 17.7. The first-order valence-corrected chi connectivity index (χ1v) is 7.31. The van der Waals surface area contributed by atoms with Gasteiger partial charge in [-0.05, 0) is 31.2 Å². The molecule has 1 N–H and O–H groups in total. The molecule has 0 amide bonds. The highest BCUT2D eigenvalue weighted by Gasteiger charge is 2.28. The van der Waals surface area contributed by atoms with Gasteiger partial charge in [0.05, 0.1) is 0 Å². The van der Waals surface area contributed by atoms with Crippen LogP contribution in [-0.2, 0) is 0 Å². The molecular formula is C15H32N2. The van der Waals surface area contributed by atoms with Crippen LogP contribution in [0.4, 0.5) is 0 Å². The van der Waals surface area contributed by atoms with E-state index in [1.807, 2.05) is 0 Å². The van der Waals surface area contributed by atoms with Gasteiger partial charge in [-0.3, -0.25) is 4.90 Å². The minimum absolute atomic E-state index is 0.455. The summed E-state index contributed by atoms with van der Waals surface area (Å²) in [4.78, 5) is 2.68. The molecule has 2 nitrogen and oxygen atoms in total. The molecule has 2 heteroatoms. The van der Waals surface area contributed by atoms with Crippen LogP contribution in [0, 0.1) is 11.3 Å². The van der Waals surface area contributed by atoms with Crippen molar-refractivity contribution in [3.63, 3.8) is 0 Å².